The van der Waals surface area contributed by atoms with Crippen LogP contribution in [-0.2, 0) is 0 Å². The van der Waals surface area contributed by atoms with Crippen molar-refractivity contribution in [3.63, 3.8) is 0 Å². The van der Waals surface area contributed by atoms with Crippen LogP contribution in [-0.4, -0.2) is 35.6 Å². The van der Waals surface area contributed by atoms with Crippen molar-refractivity contribution in [1.29, 1.82) is 0 Å². The van der Waals surface area contributed by atoms with Gasteiger partial charge in [0.15, 0.2) is 0 Å². The molecular weight excluding hydrogens is 253 g/mol. The molecule has 2 heteroatoms. The zero-order valence-corrected chi connectivity index (χ0v) is 10.5. The first-order valence-corrected chi connectivity index (χ1v) is 5.77. The average Bonchev–Trinajstić information content (AvgIpc) is 2.10. The summed E-state index contributed by atoms with van der Waals surface area (Å²) in [6.07, 6.45) is 0. The van der Waals surface area contributed by atoms with Gasteiger partial charge in [0.25, 0.3) is 0 Å². The van der Waals surface area contributed by atoms with Gasteiger partial charge in [-0.1, -0.05) is 0 Å². The number of hydrogen-bond acceptors (Lipinski definition) is 1. The zero-order valence-electron chi connectivity index (χ0n) is 7.67. The fourth-order valence-corrected chi connectivity index (χ4v) is 1.74. The van der Waals surface area contributed by atoms with E-state index >= 15 is 0 Å². The van der Waals surface area contributed by atoms with E-state index < -0.39 is 0 Å². The molecule has 1 aromatic carbocycles. The summed E-state index contributed by atoms with van der Waals surface area (Å²) in [6.45, 7) is 6.56. The molecule has 0 aliphatic rings. The third-order valence-electron chi connectivity index (χ3n) is 2.00. The molecule has 0 N–H and O–H groups in total. The molecule has 1 rings (SSSR count). The van der Waals surface area contributed by atoms with Gasteiger partial charge in [0, 0.05) is 0 Å². The molecule has 0 spiro atoms. The van der Waals surface area contributed by atoms with E-state index in [0.29, 0.717) is 0 Å². The Hall–Kier alpha value is -0.181. The van der Waals surface area contributed by atoms with Gasteiger partial charge in [0.1, 0.15) is 0 Å². The van der Waals surface area contributed by atoms with Crippen molar-refractivity contribution in [3.05, 3.63) is 24.3 Å². The number of nitrogens with zero attached hydrogens (tertiary/aromatic N) is 1. The van der Waals surface area contributed by atoms with E-state index in [-0.39, 0.29) is 0 Å². The molecule has 0 aromatic heterocycles. The van der Waals surface area contributed by atoms with Gasteiger partial charge in [-0.25, -0.2) is 0 Å². The number of hydrogen-bond donors (Lipinski definition) is 0. The van der Waals surface area contributed by atoms with Crippen LogP contribution in [0.3, 0.4) is 0 Å². The van der Waals surface area contributed by atoms with Gasteiger partial charge in [-0.15, -0.1) is 0 Å². The Kier molecular flexibility index (Phi) is 3.92. The van der Waals surface area contributed by atoms with Gasteiger partial charge in [-0.05, 0) is 0 Å². The van der Waals surface area contributed by atoms with Crippen molar-refractivity contribution in [1.82, 2.24) is 0 Å². The van der Waals surface area contributed by atoms with Gasteiger partial charge >= 0.3 is 87.9 Å². The molecule has 0 aliphatic carbocycles. The van der Waals surface area contributed by atoms with E-state index in [0.717, 1.165) is 13.1 Å². The second-order valence-electron chi connectivity index (χ2n) is 2.72. The molecule has 0 bridgehead atoms. The van der Waals surface area contributed by atoms with Crippen molar-refractivity contribution in [2.45, 2.75) is 13.8 Å². The third kappa shape index (κ3) is 2.40. The van der Waals surface area contributed by atoms with Crippen LogP contribution in [0.1, 0.15) is 13.8 Å². The van der Waals surface area contributed by atoms with E-state index in [9.17, 15) is 0 Å². The van der Waals surface area contributed by atoms with Gasteiger partial charge < -0.3 is 0 Å². The first-order chi connectivity index (χ1) is 5.77. The summed E-state index contributed by atoms with van der Waals surface area (Å²) in [6, 6.07) is 8.81. The van der Waals surface area contributed by atoms with Crippen molar-refractivity contribution in [2.75, 3.05) is 18.0 Å². The molecule has 0 fully saturated rings. The van der Waals surface area contributed by atoms with Gasteiger partial charge in [-0.3, -0.25) is 0 Å². The number of benzene rings is 1. The molecule has 12 heavy (non-hydrogen) atoms. The predicted octanol–water partition coefficient (Wildman–Crippen LogP) is 1.33. The van der Waals surface area contributed by atoms with Crippen LogP contribution in [0.4, 0.5) is 5.69 Å². The van der Waals surface area contributed by atoms with Crippen LogP contribution < -0.4 is 8.48 Å². The first-order valence-electron chi connectivity index (χ1n) is 4.34. The summed E-state index contributed by atoms with van der Waals surface area (Å²) < 4.78 is 1.41. The number of rotatable bonds is 3. The second kappa shape index (κ2) is 4.75. The summed E-state index contributed by atoms with van der Waals surface area (Å²) in [5.41, 5.74) is 1.34. The summed E-state index contributed by atoms with van der Waals surface area (Å²) >= 11 is 1.49. The summed E-state index contributed by atoms with van der Waals surface area (Å²) in [4.78, 5) is 2.36. The minimum absolute atomic E-state index is 1.09. The fraction of sp³-hybridized carbons (Fsp3) is 0.400. The Morgan fingerprint density at radius 1 is 1.08 bits per heavy atom. The Bertz CT molecular complexity index is 226. The fourth-order valence-electron chi connectivity index (χ4n) is 1.26. The molecule has 1 aromatic rings. The molecule has 0 saturated heterocycles. The molecule has 1 nitrogen and oxygen atoms in total. The standard InChI is InChI=1S/C10H14N.Sn/c1-3-11(4-2)10-8-6-5-7-9-10;/h6-9H,3-4H2,1-2H3;. The topological polar surface area (TPSA) is 3.24 Å². The quantitative estimate of drug-likeness (QED) is 0.747. The minimum atomic E-state index is 1.09. The summed E-state index contributed by atoms with van der Waals surface area (Å²) in [5, 5.41) is 0. The van der Waals surface area contributed by atoms with Crippen molar-refractivity contribution >= 4 is 31.8 Å². The maximum atomic E-state index is 2.36. The van der Waals surface area contributed by atoms with Crippen LogP contribution in [0.5, 0.6) is 0 Å². The monoisotopic (exact) mass is 268 g/mol. The van der Waals surface area contributed by atoms with E-state index in [2.05, 4.69) is 43.0 Å². The first kappa shape index (κ1) is 9.90. The molecule has 63 valence electrons. The molecule has 3 radical (unpaired) electrons. The van der Waals surface area contributed by atoms with E-state index in [1.54, 1.807) is 0 Å². The summed E-state index contributed by atoms with van der Waals surface area (Å²) in [7, 11) is 0. The molecule has 0 unspecified atom stereocenters. The SMILES string of the molecule is CCN(CC)c1cc[c]([Sn])cc1. The zero-order chi connectivity index (χ0) is 8.97. The number of anilines is 1. The molecule has 0 heterocycles. The van der Waals surface area contributed by atoms with Crippen molar-refractivity contribution < 1.29 is 0 Å². The van der Waals surface area contributed by atoms with Crippen LogP contribution in [0.2, 0.25) is 0 Å². The van der Waals surface area contributed by atoms with Crippen LogP contribution in [0.25, 0.3) is 0 Å². The van der Waals surface area contributed by atoms with Gasteiger partial charge in [0.05, 0.1) is 0 Å². The Morgan fingerprint density at radius 3 is 2.00 bits per heavy atom. The Morgan fingerprint density at radius 2 is 1.58 bits per heavy atom. The van der Waals surface area contributed by atoms with E-state index in [4.69, 9.17) is 0 Å². The predicted molar refractivity (Wildman–Crippen MR) is 55.4 cm³/mol. The van der Waals surface area contributed by atoms with Crippen LogP contribution in [0, 0.1) is 0 Å². The van der Waals surface area contributed by atoms with Crippen molar-refractivity contribution in [2.24, 2.45) is 0 Å². The Balaban J connectivity index is 2.80. The molecule has 0 atom stereocenters. The second-order valence-corrected chi connectivity index (χ2v) is 4.37. The maximum absolute atomic E-state index is 2.36. The van der Waals surface area contributed by atoms with Crippen LogP contribution in [0.15, 0.2) is 24.3 Å². The average molecular weight is 267 g/mol. The van der Waals surface area contributed by atoms with Gasteiger partial charge in [0.2, 0.25) is 0 Å². The van der Waals surface area contributed by atoms with Gasteiger partial charge in [-0.2, -0.15) is 0 Å². The van der Waals surface area contributed by atoms with Crippen LogP contribution >= 0.6 is 0 Å². The summed E-state index contributed by atoms with van der Waals surface area (Å²) in [5.74, 6) is 0. The molecule has 0 amide bonds. The molecule has 0 aliphatic heterocycles. The normalized spacial score (nSPS) is 9.92. The molecular formula is C10H14NSn. The Labute approximate surface area is 87.9 Å². The van der Waals surface area contributed by atoms with Crippen molar-refractivity contribution in [3.8, 4) is 0 Å². The third-order valence-corrected chi connectivity index (χ3v) is 2.95. The van der Waals surface area contributed by atoms with E-state index in [1.165, 1.54) is 31.8 Å². The molecule has 0 saturated carbocycles. The van der Waals surface area contributed by atoms with E-state index in [1.807, 2.05) is 0 Å².